The van der Waals surface area contributed by atoms with E-state index in [4.69, 9.17) is 30.5 Å². The third kappa shape index (κ3) is 13.8. The monoisotopic (exact) mass is 1040 g/mol. The lowest BCUT2D eigenvalue weighted by atomic mass is 9.49. The second-order valence-corrected chi connectivity index (χ2v) is 23.1. The highest BCUT2D eigenvalue weighted by molar-refractivity contribution is 7.13. The first-order chi connectivity index (χ1) is 34.4. The lowest BCUT2D eigenvalue weighted by molar-refractivity contribution is -0.164. The molecule has 2 aliphatic rings. The van der Waals surface area contributed by atoms with E-state index in [9.17, 15) is 29.2 Å². The van der Waals surface area contributed by atoms with Crippen LogP contribution in [0.3, 0.4) is 0 Å². The Morgan fingerprint density at radius 3 is 2.19 bits per heavy atom. The minimum absolute atomic E-state index is 0.00534. The van der Waals surface area contributed by atoms with Gasteiger partial charge in [-0.05, 0) is 78.6 Å². The summed E-state index contributed by atoms with van der Waals surface area (Å²) < 4.78 is 23.9. The summed E-state index contributed by atoms with van der Waals surface area (Å²) in [6.45, 7) is 22.0. The Hall–Kier alpha value is -6.02. The van der Waals surface area contributed by atoms with E-state index in [0.717, 1.165) is 21.7 Å². The van der Waals surface area contributed by atoms with Gasteiger partial charge in [-0.1, -0.05) is 105 Å². The second kappa shape index (κ2) is 23.9. The molecule has 1 aliphatic heterocycles. The minimum Gasteiger partial charge on any atom is -0.494 e. The van der Waals surface area contributed by atoms with Crippen LogP contribution < -0.4 is 25.4 Å². The maximum absolute atomic E-state index is 14.5. The largest absolute Gasteiger partial charge is 0.494 e. The molecule has 1 aromatic heterocycles. The molecule has 4 atom stereocenters. The van der Waals surface area contributed by atoms with Crippen molar-refractivity contribution in [3.63, 3.8) is 0 Å². The summed E-state index contributed by atoms with van der Waals surface area (Å²) in [5.74, 6) is -1.08. The molecular formula is C56H71ClN6O9S. The molecule has 3 N–H and O–H groups in total. The summed E-state index contributed by atoms with van der Waals surface area (Å²) in [6.07, 6.45) is 0.418. The number of nitrogens with zero attached hydrogens (tertiary/aromatic N) is 3. The number of aryl methyl sites for hydroxylation is 1. The van der Waals surface area contributed by atoms with Crippen LogP contribution in [0.25, 0.3) is 10.4 Å². The van der Waals surface area contributed by atoms with E-state index in [-0.39, 0.29) is 74.5 Å². The molecule has 4 amide bonds. The van der Waals surface area contributed by atoms with E-state index in [1.54, 1.807) is 60.7 Å². The van der Waals surface area contributed by atoms with Crippen molar-refractivity contribution >= 4 is 52.5 Å². The number of benzene rings is 3. The quantitative estimate of drug-likeness (QED) is 0.0532. The van der Waals surface area contributed by atoms with Gasteiger partial charge in [0.15, 0.2) is 0 Å². The Morgan fingerprint density at radius 2 is 1.59 bits per heavy atom. The summed E-state index contributed by atoms with van der Waals surface area (Å²) in [5, 5.41) is 18.6. The third-order valence-electron chi connectivity index (χ3n) is 14.1. The van der Waals surface area contributed by atoms with Crippen molar-refractivity contribution in [2.24, 2.45) is 28.1 Å². The number of hydrogen-bond donors (Lipinski definition) is 3. The van der Waals surface area contributed by atoms with Crippen molar-refractivity contribution in [3.8, 4) is 28.0 Å². The van der Waals surface area contributed by atoms with Gasteiger partial charge in [0.2, 0.25) is 17.7 Å². The van der Waals surface area contributed by atoms with Crippen LogP contribution in [0.1, 0.15) is 116 Å². The normalized spacial score (nSPS) is 19.7. The molecule has 73 heavy (non-hydrogen) atoms. The maximum Gasteiger partial charge on any atom is 0.309 e. The van der Waals surface area contributed by atoms with Crippen molar-refractivity contribution in [1.29, 1.82) is 5.26 Å². The zero-order valence-electron chi connectivity index (χ0n) is 43.9. The van der Waals surface area contributed by atoms with Gasteiger partial charge in [-0.25, -0.2) is 4.98 Å². The number of rotatable bonds is 21. The fourth-order valence-corrected chi connectivity index (χ4v) is 10.8. The molecule has 1 saturated heterocycles. The fourth-order valence-electron chi connectivity index (χ4n) is 9.77. The smallest absolute Gasteiger partial charge is 0.309 e. The van der Waals surface area contributed by atoms with E-state index in [0.29, 0.717) is 47.1 Å². The van der Waals surface area contributed by atoms with Crippen molar-refractivity contribution in [3.05, 3.63) is 99.6 Å². The number of esters is 1. The highest BCUT2D eigenvalue weighted by Crippen LogP contribution is 2.55. The molecule has 17 heteroatoms. The van der Waals surface area contributed by atoms with E-state index in [1.165, 1.54) is 4.90 Å². The van der Waals surface area contributed by atoms with Gasteiger partial charge >= 0.3 is 5.97 Å². The summed E-state index contributed by atoms with van der Waals surface area (Å²) in [7, 11) is 0. The fraction of sp³-hybridized carbons (Fsp3) is 0.518. The van der Waals surface area contributed by atoms with Crippen LogP contribution in [0.15, 0.2) is 72.2 Å². The number of halogens is 1. The second-order valence-electron chi connectivity index (χ2n) is 21.8. The van der Waals surface area contributed by atoms with E-state index in [1.807, 2.05) is 71.3 Å². The van der Waals surface area contributed by atoms with Gasteiger partial charge in [-0.3, -0.25) is 24.0 Å². The Kier molecular flexibility index (Phi) is 18.4. The van der Waals surface area contributed by atoms with Crippen molar-refractivity contribution in [1.82, 2.24) is 25.8 Å². The molecule has 2 fully saturated rings. The van der Waals surface area contributed by atoms with Gasteiger partial charge in [-0.2, -0.15) is 5.26 Å². The zero-order valence-corrected chi connectivity index (χ0v) is 45.5. The van der Waals surface area contributed by atoms with Crippen LogP contribution in [0.2, 0.25) is 5.02 Å². The van der Waals surface area contributed by atoms with E-state index in [2.05, 4.69) is 54.7 Å². The van der Waals surface area contributed by atoms with Crippen molar-refractivity contribution in [2.45, 2.75) is 132 Å². The molecule has 2 heterocycles. The summed E-state index contributed by atoms with van der Waals surface area (Å²) in [5.41, 5.74) is 3.98. The highest BCUT2D eigenvalue weighted by Gasteiger charge is 2.64. The van der Waals surface area contributed by atoms with Gasteiger partial charge in [0.25, 0.3) is 5.91 Å². The molecule has 1 saturated carbocycles. The number of likely N-dealkylation sites (tertiary alicyclic amines) is 1. The number of hydrogen-bond acceptors (Lipinski definition) is 12. The molecule has 3 aromatic carbocycles. The third-order valence-corrected chi connectivity index (χ3v) is 15.4. The molecule has 1 aliphatic carbocycles. The Morgan fingerprint density at radius 1 is 0.932 bits per heavy atom. The molecule has 0 unspecified atom stereocenters. The predicted molar refractivity (Wildman–Crippen MR) is 281 cm³/mol. The first-order valence-electron chi connectivity index (χ1n) is 25.0. The van der Waals surface area contributed by atoms with Gasteiger partial charge in [-0.15, -0.1) is 11.3 Å². The van der Waals surface area contributed by atoms with Gasteiger partial charge in [0.05, 0.1) is 45.7 Å². The lowest BCUT2D eigenvalue weighted by Gasteiger charge is -2.63. The number of aromatic nitrogens is 1. The number of carbonyl (C=O) groups excluding carboxylic acids is 5. The summed E-state index contributed by atoms with van der Waals surface area (Å²) in [6, 6.07) is 19.7. The predicted octanol–water partition coefficient (Wildman–Crippen LogP) is 9.08. The van der Waals surface area contributed by atoms with E-state index >= 15 is 0 Å². The van der Waals surface area contributed by atoms with Crippen LogP contribution in [0, 0.1) is 46.3 Å². The van der Waals surface area contributed by atoms with E-state index < -0.39 is 46.2 Å². The Balaban J connectivity index is 0.951. The number of ether oxygens (including phenoxy) is 4. The molecule has 4 aromatic rings. The van der Waals surface area contributed by atoms with Crippen LogP contribution >= 0.6 is 22.9 Å². The van der Waals surface area contributed by atoms with Crippen LogP contribution in [0.5, 0.6) is 11.5 Å². The van der Waals surface area contributed by atoms with Gasteiger partial charge in [0, 0.05) is 48.1 Å². The molecule has 0 spiro atoms. The van der Waals surface area contributed by atoms with Crippen molar-refractivity contribution in [2.75, 3.05) is 26.4 Å². The Bertz CT molecular complexity index is 2620. The number of carbonyl (C=O) groups is 5. The number of nitriles is 1. The number of unbranched alkanes of at least 4 members (excludes halogenated alkanes) is 1. The molecule has 15 nitrogen and oxygen atoms in total. The van der Waals surface area contributed by atoms with Crippen LogP contribution in [-0.2, 0) is 35.2 Å². The van der Waals surface area contributed by atoms with Crippen LogP contribution in [0.4, 0.5) is 0 Å². The summed E-state index contributed by atoms with van der Waals surface area (Å²) in [4.78, 5) is 75.0. The first kappa shape index (κ1) is 56.3. The number of thiazole rings is 1. The first-order valence-corrected chi connectivity index (χ1v) is 26.2. The number of amides is 4. The average Bonchev–Trinajstić information content (AvgIpc) is 3.98. The summed E-state index contributed by atoms with van der Waals surface area (Å²) >= 11 is 7.81. The number of nitrogens with one attached hydrogen (secondary N) is 3. The minimum atomic E-state index is -1.01. The average molecular weight is 1040 g/mol. The standard InChI is InChI=1S/C56H71ClN6O9S/c1-33(2)34(3)51(68)71-42-27-44(49(66)59-29-36-14-16-37(17-15-36)46-35(4)60-32-73-46)63(30-42)50(67)47(54(5,6)7)61-45(64)31-69-24-12-13-25-70-40-21-18-38(19-22-40)48(65)62-52-55(8,9)53(56(52,10)11)72-41-23-20-39(28-58)43(57)26-41/h14-23,26,32-34,42,44,47,52-53H,12-13,24-25,27,29-31H2,1-11H3,(H,59,66)(H,61,64)(H,62,65)/t34-,42-,44-,47+,52-,53-/m0/s1. The maximum atomic E-state index is 14.5. The molecule has 0 bridgehead atoms. The SMILES string of the molecule is Cc1ncsc1-c1ccc(CNC(=O)[C@@H]2C[C@H](OC(=O)[C@@H](C)C(C)C)CN2C(=O)[C@@H](NC(=O)COCCCCOc2ccc(C(=O)N[C@H]3C(C)(C)[C@H](Oc4ccc(C#N)c(Cl)c4)C3(C)C)cc2)C(C)(C)C)cc1. The lowest BCUT2D eigenvalue weighted by Crippen LogP contribution is -2.74. The zero-order chi connectivity index (χ0) is 53.4. The highest BCUT2D eigenvalue weighted by atomic mass is 35.5. The van der Waals surface area contributed by atoms with Crippen LogP contribution in [-0.4, -0.2) is 96.2 Å². The molecule has 0 radical (unpaired) electrons. The van der Waals surface area contributed by atoms with Gasteiger partial charge in [0.1, 0.15) is 48.5 Å². The molecule has 6 rings (SSSR count). The topological polar surface area (TPSA) is 198 Å². The van der Waals surface area contributed by atoms with Gasteiger partial charge < -0.3 is 39.8 Å². The molecule has 392 valence electrons. The Labute approximate surface area is 439 Å². The molecular weight excluding hydrogens is 968 g/mol. The van der Waals surface area contributed by atoms with Crippen molar-refractivity contribution < 1.29 is 42.9 Å².